The Morgan fingerprint density at radius 1 is 1.46 bits per heavy atom. The van der Waals surface area contributed by atoms with E-state index in [1.54, 1.807) is 20.4 Å². The lowest BCUT2D eigenvalue weighted by atomic mass is 9.90. The molecule has 0 aliphatic carbocycles. The minimum Gasteiger partial charge on any atom is -0.355 e. The van der Waals surface area contributed by atoms with Gasteiger partial charge in [0.05, 0.1) is 5.60 Å². The van der Waals surface area contributed by atoms with E-state index in [4.69, 9.17) is 13.8 Å². The van der Waals surface area contributed by atoms with Crippen LogP contribution in [0.1, 0.15) is 32.6 Å². The van der Waals surface area contributed by atoms with Crippen LogP contribution in [0.4, 0.5) is 0 Å². The largest absolute Gasteiger partial charge is 0.355 e. The topological polar surface area (TPSA) is 77.1 Å². The molecule has 0 radical (unpaired) electrons. The smallest absolute Gasteiger partial charge is 0.251 e. The Morgan fingerprint density at radius 3 is 2.75 bits per heavy atom. The average molecular weight is 358 g/mol. The highest BCUT2D eigenvalue weighted by atomic mass is 31.2. The number of hydrogen-bond donors (Lipinski definition) is 1. The SMILES string of the molecule is CC[C@@]1(/C=C/P(OC)OC)CCCC(N(C)/C=C\C(=O)NC=O)O1. The fourth-order valence-corrected chi connectivity index (χ4v) is 3.32. The van der Waals surface area contributed by atoms with Crippen LogP contribution in [-0.4, -0.2) is 50.3 Å². The second-order valence-electron chi connectivity index (χ2n) is 5.46. The van der Waals surface area contributed by atoms with Crippen LogP contribution < -0.4 is 5.32 Å². The lowest BCUT2D eigenvalue weighted by molar-refractivity contribution is -0.147. The number of carbonyl (C=O) groups is 2. The van der Waals surface area contributed by atoms with E-state index in [2.05, 4.69) is 12.2 Å². The van der Waals surface area contributed by atoms with E-state index in [0.717, 1.165) is 25.7 Å². The molecule has 24 heavy (non-hydrogen) atoms. The molecule has 0 aromatic heterocycles. The highest BCUT2D eigenvalue weighted by Crippen LogP contribution is 2.41. The predicted octanol–water partition coefficient (Wildman–Crippen LogP) is 2.50. The third kappa shape index (κ3) is 6.32. The van der Waals surface area contributed by atoms with Gasteiger partial charge in [-0.15, -0.1) is 0 Å². The van der Waals surface area contributed by atoms with Crippen LogP contribution in [-0.2, 0) is 23.4 Å². The van der Waals surface area contributed by atoms with E-state index in [0.29, 0.717) is 6.41 Å². The first kappa shape index (κ1) is 20.8. The van der Waals surface area contributed by atoms with Gasteiger partial charge < -0.3 is 18.7 Å². The number of ether oxygens (including phenoxy) is 1. The Labute approximate surface area is 144 Å². The molecule has 1 rings (SSSR count). The molecule has 1 heterocycles. The van der Waals surface area contributed by atoms with Crippen LogP contribution in [0.15, 0.2) is 24.2 Å². The number of amides is 2. The molecule has 0 aromatic carbocycles. The predicted molar refractivity (Wildman–Crippen MR) is 92.9 cm³/mol. The molecule has 1 fully saturated rings. The summed E-state index contributed by atoms with van der Waals surface area (Å²) in [6.45, 7) is 2.09. The van der Waals surface area contributed by atoms with Gasteiger partial charge in [0.15, 0.2) is 8.38 Å². The first-order chi connectivity index (χ1) is 11.5. The number of hydrogen-bond acceptors (Lipinski definition) is 6. The fourth-order valence-electron chi connectivity index (χ4n) is 2.53. The van der Waals surface area contributed by atoms with Crippen LogP contribution in [0.3, 0.4) is 0 Å². The molecule has 1 unspecified atom stereocenters. The maximum atomic E-state index is 11.3. The van der Waals surface area contributed by atoms with Crippen LogP contribution in [0, 0.1) is 0 Å². The van der Waals surface area contributed by atoms with Gasteiger partial charge in [0.1, 0.15) is 6.23 Å². The molecule has 1 N–H and O–H groups in total. The van der Waals surface area contributed by atoms with Crippen molar-refractivity contribution in [3.63, 3.8) is 0 Å². The quantitative estimate of drug-likeness (QED) is 0.388. The number of imide groups is 1. The summed E-state index contributed by atoms with van der Waals surface area (Å²) in [6.07, 6.45) is 8.83. The first-order valence-corrected chi connectivity index (χ1v) is 9.13. The molecule has 2 atom stereocenters. The summed E-state index contributed by atoms with van der Waals surface area (Å²) in [5.41, 5.74) is -0.367. The van der Waals surface area contributed by atoms with Crippen LogP contribution in [0.5, 0.6) is 0 Å². The lowest BCUT2D eigenvalue weighted by Gasteiger charge is -2.42. The minimum atomic E-state index is -1.04. The Bertz CT molecular complexity index is 467. The molecular formula is C16H27N2O5P. The normalized spacial score (nSPS) is 24.6. The summed E-state index contributed by atoms with van der Waals surface area (Å²) in [5.74, 6) is 1.47. The second kappa shape index (κ2) is 10.6. The Morgan fingerprint density at radius 2 is 2.17 bits per heavy atom. The fraction of sp³-hybridized carbons (Fsp3) is 0.625. The molecule has 8 heteroatoms. The zero-order chi connectivity index (χ0) is 18.0. The van der Waals surface area contributed by atoms with E-state index in [1.165, 1.54) is 6.08 Å². The Hall–Kier alpha value is -1.27. The summed E-state index contributed by atoms with van der Waals surface area (Å²) >= 11 is 0. The zero-order valence-electron chi connectivity index (χ0n) is 14.7. The van der Waals surface area contributed by atoms with Crippen molar-refractivity contribution in [3.8, 4) is 0 Å². The first-order valence-electron chi connectivity index (χ1n) is 7.89. The molecule has 0 bridgehead atoms. The van der Waals surface area contributed by atoms with E-state index in [1.807, 2.05) is 23.8 Å². The Balaban J connectivity index is 2.75. The minimum absolute atomic E-state index is 0.139. The maximum absolute atomic E-state index is 11.3. The van der Waals surface area contributed by atoms with E-state index in [9.17, 15) is 9.59 Å². The van der Waals surface area contributed by atoms with Crippen LogP contribution >= 0.6 is 8.38 Å². The van der Waals surface area contributed by atoms with Crippen molar-refractivity contribution in [3.05, 3.63) is 24.2 Å². The molecule has 0 saturated carbocycles. The molecule has 1 aliphatic rings. The second-order valence-corrected chi connectivity index (χ2v) is 7.06. The zero-order valence-corrected chi connectivity index (χ0v) is 15.6. The van der Waals surface area contributed by atoms with Crippen LogP contribution in [0.25, 0.3) is 0 Å². The highest BCUT2D eigenvalue weighted by molar-refractivity contribution is 7.50. The van der Waals surface area contributed by atoms with Crippen molar-refractivity contribution in [2.75, 3.05) is 21.3 Å². The van der Waals surface area contributed by atoms with Gasteiger partial charge in [-0.3, -0.25) is 14.9 Å². The molecule has 136 valence electrons. The number of nitrogens with one attached hydrogen (secondary N) is 1. The monoisotopic (exact) mass is 358 g/mol. The molecule has 0 spiro atoms. The summed E-state index contributed by atoms with van der Waals surface area (Å²) in [6, 6.07) is 0. The van der Waals surface area contributed by atoms with Crippen molar-refractivity contribution in [1.29, 1.82) is 0 Å². The van der Waals surface area contributed by atoms with Crippen molar-refractivity contribution in [2.45, 2.75) is 44.4 Å². The highest BCUT2D eigenvalue weighted by Gasteiger charge is 2.35. The van der Waals surface area contributed by atoms with Gasteiger partial charge in [-0.2, -0.15) is 0 Å². The van der Waals surface area contributed by atoms with Gasteiger partial charge in [-0.25, -0.2) is 0 Å². The molecule has 0 aromatic rings. The molecule has 1 saturated heterocycles. The Kier molecular flexibility index (Phi) is 9.14. The van der Waals surface area contributed by atoms with E-state index in [-0.39, 0.29) is 11.8 Å². The van der Waals surface area contributed by atoms with Gasteiger partial charge in [-0.05, 0) is 37.6 Å². The molecular weight excluding hydrogens is 331 g/mol. The summed E-state index contributed by atoms with van der Waals surface area (Å²) in [5, 5.41) is 2.07. The molecule has 2 amide bonds. The van der Waals surface area contributed by atoms with Gasteiger partial charge in [-0.1, -0.05) is 6.92 Å². The number of nitrogens with zero attached hydrogens (tertiary/aromatic N) is 1. The number of rotatable bonds is 9. The van der Waals surface area contributed by atoms with Crippen LogP contribution in [0.2, 0.25) is 0 Å². The lowest BCUT2D eigenvalue weighted by Crippen LogP contribution is -2.44. The molecule has 7 nitrogen and oxygen atoms in total. The summed E-state index contributed by atoms with van der Waals surface area (Å²) < 4.78 is 16.8. The van der Waals surface area contributed by atoms with Gasteiger partial charge in [0.2, 0.25) is 6.41 Å². The van der Waals surface area contributed by atoms with E-state index >= 15 is 0 Å². The van der Waals surface area contributed by atoms with Gasteiger partial charge >= 0.3 is 0 Å². The van der Waals surface area contributed by atoms with E-state index < -0.39 is 14.3 Å². The van der Waals surface area contributed by atoms with Crippen molar-refractivity contribution in [1.82, 2.24) is 10.2 Å². The van der Waals surface area contributed by atoms with Gasteiger partial charge in [0, 0.05) is 33.5 Å². The van der Waals surface area contributed by atoms with Gasteiger partial charge in [0.25, 0.3) is 5.91 Å². The number of carbonyl (C=O) groups excluding carboxylic acids is 2. The summed E-state index contributed by atoms with van der Waals surface area (Å²) in [4.78, 5) is 23.4. The van der Waals surface area contributed by atoms with Crippen molar-refractivity contribution < 1.29 is 23.4 Å². The maximum Gasteiger partial charge on any atom is 0.251 e. The third-order valence-corrected chi connectivity index (χ3v) is 5.11. The summed E-state index contributed by atoms with van der Waals surface area (Å²) in [7, 11) is 4.04. The average Bonchev–Trinajstić information content (AvgIpc) is 2.61. The third-order valence-electron chi connectivity index (χ3n) is 4.00. The molecule has 1 aliphatic heterocycles. The standard InChI is InChI=1S/C16H27N2O5P/c1-5-16(10-12-24(21-3)22-4)9-6-7-15(23-16)18(2)11-8-14(20)17-13-19/h8,10-13,15H,5-7,9H2,1-4H3,(H,17,19,20)/b11-8-,12-10+/t15?,16-/m0/s1. The van der Waals surface area contributed by atoms with Crippen molar-refractivity contribution >= 4 is 20.7 Å². The van der Waals surface area contributed by atoms with Crippen molar-refractivity contribution in [2.24, 2.45) is 0 Å².